The minimum atomic E-state index is -4.58. The Bertz CT molecular complexity index is 1490. The average molecular weight is 504 g/mol. The van der Waals surface area contributed by atoms with Gasteiger partial charge in [0.25, 0.3) is 0 Å². The first-order chi connectivity index (χ1) is 17.7. The molecule has 0 aliphatic rings. The summed E-state index contributed by atoms with van der Waals surface area (Å²) >= 11 is 0. The molecular weight excluding hydrogens is 475 g/mol. The zero-order chi connectivity index (χ0) is 26.6. The lowest BCUT2D eigenvalue weighted by molar-refractivity contribution is -0.114. The Morgan fingerprint density at radius 2 is 1.65 bits per heavy atom. The number of halogens is 3. The van der Waals surface area contributed by atoms with E-state index in [1.807, 2.05) is 73.7 Å². The zero-order valence-electron chi connectivity index (χ0n) is 20.6. The maximum absolute atomic E-state index is 13.8. The second-order valence-corrected chi connectivity index (χ2v) is 8.76. The van der Waals surface area contributed by atoms with Gasteiger partial charge in [0.1, 0.15) is 5.71 Å². The molecule has 0 saturated heterocycles. The fourth-order valence-electron chi connectivity index (χ4n) is 4.64. The summed E-state index contributed by atoms with van der Waals surface area (Å²) in [7, 11) is 1.15. The lowest BCUT2D eigenvalue weighted by Crippen LogP contribution is -2.22. The summed E-state index contributed by atoms with van der Waals surface area (Å²) in [5, 5.41) is 6.86. The van der Waals surface area contributed by atoms with Gasteiger partial charge in [-0.3, -0.25) is 9.79 Å². The van der Waals surface area contributed by atoms with Crippen LogP contribution < -0.4 is 11.1 Å². The Morgan fingerprint density at radius 3 is 2.30 bits per heavy atom. The molecule has 37 heavy (non-hydrogen) atoms. The summed E-state index contributed by atoms with van der Waals surface area (Å²) in [6, 6.07) is 24.9. The number of rotatable bonds is 7. The van der Waals surface area contributed by atoms with E-state index in [0.29, 0.717) is 23.2 Å². The number of carbonyl (C=O) groups excluding carboxylic acids is 1. The van der Waals surface area contributed by atoms with E-state index in [1.165, 1.54) is 0 Å². The molecule has 0 aliphatic carbocycles. The molecule has 0 saturated carbocycles. The second kappa shape index (κ2) is 11.0. The van der Waals surface area contributed by atoms with E-state index >= 15 is 0 Å². The van der Waals surface area contributed by atoms with Gasteiger partial charge in [0.05, 0.1) is 6.54 Å². The summed E-state index contributed by atoms with van der Waals surface area (Å²) < 4.78 is 41.3. The van der Waals surface area contributed by atoms with Crippen molar-refractivity contribution in [3.8, 4) is 0 Å². The first kappa shape index (κ1) is 26.1. The number of alkyl halides is 3. The van der Waals surface area contributed by atoms with Crippen LogP contribution in [0.5, 0.6) is 0 Å². The van der Waals surface area contributed by atoms with Crippen molar-refractivity contribution < 1.29 is 18.0 Å². The standard InChI is InChI=1S/C30H28F3N3O/c1-3-24(20-10-13-23(14-11-20)36-29(37)18-34)27(17-28(35-2)30(31,32)33)22-12-15-26-21(16-22)9-8-19-6-4-5-7-25(19)26/h4-17,24H,3,18,34H2,1-2H3,(H,36,37)/b27-17-,35-28?. The Morgan fingerprint density at radius 1 is 0.973 bits per heavy atom. The highest BCUT2D eigenvalue weighted by Gasteiger charge is 2.34. The number of aliphatic imine (C=N–C) groups is 1. The normalized spacial score (nSPS) is 13.7. The van der Waals surface area contributed by atoms with Crippen molar-refractivity contribution in [1.82, 2.24) is 0 Å². The molecule has 4 nitrogen and oxygen atoms in total. The number of hydrogen-bond acceptors (Lipinski definition) is 3. The van der Waals surface area contributed by atoms with Crippen molar-refractivity contribution in [2.75, 3.05) is 18.9 Å². The van der Waals surface area contributed by atoms with Crippen molar-refractivity contribution >= 4 is 44.4 Å². The smallest absolute Gasteiger partial charge is 0.325 e. The van der Waals surface area contributed by atoms with E-state index in [4.69, 9.17) is 5.73 Å². The van der Waals surface area contributed by atoms with Crippen LogP contribution in [0.15, 0.2) is 89.9 Å². The minimum Gasteiger partial charge on any atom is -0.325 e. The molecular formula is C30H28F3N3O. The number of nitrogens with two attached hydrogens (primary N) is 1. The van der Waals surface area contributed by atoms with E-state index in [2.05, 4.69) is 10.3 Å². The van der Waals surface area contributed by atoms with Gasteiger partial charge in [-0.25, -0.2) is 0 Å². The number of carbonyl (C=O) groups is 1. The molecule has 0 heterocycles. The van der Waals surface area contributed by atoms with Gasteiger partial charge < -0.3 is 11.1 Å². The van der Waals surface area contributed by atoms with Gasteiger partial charge in [-0.15, -0.1) is 0 Å². The van der Waals surface area contributed by atoms with Crippen LogP contribution in [-0.4, -0.2) is 31.4 Å². The van der Waals surface area contributed by atoms with E-state index in [9.17, 15) is 18.0 Å². The van der Waals surface area contributed by atoms with Gasteiger partial charge >= 0.3 is 6.18 Å². The fraction of sp³-hybridized carbons (Fsp3) is 0.200. The predicted octanol–water partition coefficient (Wildman–Crippen LogP) is 7.10. The first-order valence-corrected chi connectivity index (χ1v) is 12.0. The van der Waals surface area contributed by atoms with Crippen molar-refractivity contribution in [2.24, 2.45) is 10.7 Å². The number of amides is 1. The van der Waals surface area contributed by atoms with Gasteiger partial charge in [-0.05, 0) is 68.9 Å². The largest absolute Gasteiger partial charge is 0.432 e. The van der Waals surface area contributed by atoms with Crippen LogP contribution in [0.2, 0.25) is 0 Å². The van der Waals surface area contributed by atoms with Gasteiger partial charge in [0.2, 0.25) is 5.91 Å². The van der Waals surface area contributed by atoms with E-state index in [1.54, 1.807) is 12.1 Å². The van der Waals surface area contributed by atoms with E-state index in [-0.39, 0.29) is 18.4 Å². The van der Waals surface area contributed by atoms with E-state index < -0.39 is 11.9 Å². The molecule has 4 rings (SSSR count). The molecule has 0 aromatic heterocycles. The maximum atomic E-state index is 13.8. The van der Waals surface area contributed by atoms with Crippen molar-refractivity contribution in [3.63, 3.8) is 0 Å². The van der Waals surface area contributed by atoms with Crippen LogP contribution in [0.1, 0.15) is 30.4 Å². The van der Waals surface area contributed by atoms with Crippen LogP contribution in [-0.2, 0) is 4.79 Å². The number of benzene rings is 4. The zero-order valence-corrected chi connectivity index (χ0v) is 20.6. The van der Waals surface area contributed by atoms with Gasteiger partial charge in [-0.2, -0.15) is 13.2 Å². The van der Waals surface area contributed by atoms with Crippen molar-refractivity contribution in [3.05, 3.63) is 96.1 Å². The van der Waals surface area contributed by atoms with Crippen LogP contribution in [0, 0.1) is 0 Å². The highest BCUT2D eigenvalue weighted by molar-refractivity contribution is 6.09. The number of allylic oxidation sites excluding steroid dienone is 2. The summed E-state index contributed by atoms with van der Waals surface area (Å²) in [5.74, 6) is -0.658. The first-order valence-electron chi connectivity index (χ1n) is 12.0. The molecule has 3 N–H and O–H groups in total. The van der Waals surface area contributed by atoms with Gasteiger partial charge in [-0.1, -0.05) is 67.6 Å². The summed E-state index contributed by atoms with van der Waals surface area (Å²) in [6.45, 7) is 1.80. The van der Waals surface area contributed by atoms with Crippen LogP contribution in [0.25, 0.3) is 27.1 Å². The molecule has 4 aromatic carbocycles. The number of nitrogens with one attached hydrogen (secondary N) is 1. The molecule has 7 heteroatoms. The third-order valence-electron chi connectivity index (χ3n) is 6.47. The van der Waals surface area contributed by atoms with Gasteiger partial charge in [0.15, 0.2) is 0 Å². The molecule has 0 bridgehead atoms. The maximum Gasteiger partial charge on any atom is 0.432 e. The third-order valence-corrected chi connectivity index (χ3v) is 6.47. The van der Waals surface area contributed by atoms with Crippen molar-refractivity contribution in [2.45, 2.75) is 25.4 Å². The Kier molecular flexibility index (Phi) is 7.74. The molecule has 0 spiro atoms. The molecule has 0 radical (unpaired) electrons. The predicted molar refractivity (Wildman–Crippen MR) is 146 cm³/mol. The molecule has 1 unspecified atom stereocenters. The Labute approximate surface area is 213 Å². The lowest BCUT2D eigenvalue weighted by Gasteiger charge is -2.22. The number of hydrogen-bond donors (Lipinski definition) is 2. The fourth-order valence-corrected chi connectivity index (χ4v) is 4.64. The molecule has 1 amide bonds. The van der Waals surface area contributed by atoms with E-state index in [0.717, 1.165) is 40.2 Å². The molecule has 0 aliphatic heterocycles. The number of anilines is 1. The second-order valence-electron chi connectivity index (χ2n) is 8.76. The molecule has 1 atom stereocenters. The molecule has 0 fully saturated rings. The minimum absolute atomic E-state index is 0.139. The van der Waals surface area contributed by atoms with Gasteiger partial charge in [0, 0.05) is 18.7 Å². The summed E-state index contributed by atoms with van der Waals surface area (Å²) in [4.78, 5) is 15.2. The Hall–Kier alpha value is -3.97. The monoisotopic (exact) mass is 503 g/mol. The summed E-state index contributed by atoms with van der Waals surface area (Å²) in [6.07, 6.45) is -2.87. The highest BCUT2D eigenvalue weighted by atomic mass is 19.4. The highest BCUT2D eigenvalue weighted by Crippen LogP contribution is 2.38. The topological polar surface area (TPSA) is 67.5 Å². The Balaban J connectivity index is 1.84. The van der Waals surface area contributed by atoms with Crippen LogP contribution in [0.3, 0.4) is 0 Å². The molecule has 190 valence electrons. The quantitative estimate of drug-likeness (QED) is 0.209. The van der Waals surface area contributed by atoms with Crippen LogP contribution in [0.4, 0.5) is 18.9 Å². The van der Waals surface area contributed by atoms with Crippen LogP contribution >= 0.6 is 0 Å². The molecule has 4 aromatic rings. The average Bonchev–Trinajstić information content (AvgIpc) is 2.90. The SMILES string of the molecule is CCC(/C(=C\C(=NC)C(F)(F)F)c1ccc2c(ccc3ccccc32)c1)c1ccc(NC(=O)CN)cc1. The lowest BCUT2D eigenvalue weighted by atomic mass is 9.83. The number of fused-ring (bicyclic) bond motifs is 3. The third kappa shape index (κ3) is 5.73. The summed E-state index contributed by atoms with van der Waals surface area (Å²) in [5.41, 5.74) is 7.05. The number of nitrogens with zero attached hydrogens (tertiary/aromatic N) is 1. The van der Waals surface area contributed by atoms with Crippen molar-refractivity contribution in [1.29, 1.82) is 0 Å².